The number of hydrogen-bond acceptors (Lipinski definition) is 5. The van der Waals surface area contributed by atoms with Crippen LogP contribution >= 0.6 is 0 Å². The van der Waals surface area contributed by atoms with Gasteiger partial charge in [-0.1, -0.05) is 30.3 Å². The van der Waals surface area contributed by atoms with E-state index in [-0.39, 0.29) is 11.6 Å². The summed E-state index contributed by atoms with van der Waals surface area (Å²) in [6.07, 6.45) is 0. The Morgan fingerprint density at radius 2 is 1.74 bits per heavy atom. The smallest absolute Gasteiger partial charge is 0.279 e. The molecule has 0 saturated carbocycles. The molecule has 4 aromatic carbocycles. The predicted octanol–water partition coefficient (Wildman–Crippen LogP) is 4.53. The average Bonchev–Trinajstić information content (AvgIpc) is 3.40. The SMILES string of the molecule is COc1ccc2ccc3oc(-c4ccc([N+](=O)[O-])cc4)c(C4=c5ccccc5=NC4=O)c3c2c1. The first-order chi connectivity index (χ1) is 16.5. The molecule has 0 bridgehead atoms. The number of nitro groups is 1. The van der Waals surface area contributed by atoms with Gasteiger partial charge in [0.15, 0.2) is 0 Å². The summed E-state index contributed by atoms with van der Waals surface area (Å²) < 4.78 is 11.8. The molecule has 164 valence electrons. The minimum atomic E-state index is -0.451. The summed E-state index contributed by atoms with van der Waals surface area (Å²) in [5, 5.41) is 15.1. The number of nitro benzene ring substituents is 1. The highest BCUT2D eigenvalue weighted by atomic mass is 16.6. The zero-order valence-electron chi connectivity index (χ0n) is 17.9. The van der Waals surface area contributed by atoms with Crippen molar-refractivity contribution in [3.8, 4) is 17.1 Å². The van der Waals surface area contributed by atoms with Crippen molar-refractivity contribution in [3.63, 3.8) is 0 Å². The highest BCUT2D eigenvalue weighted by Crippen LogP contribution is 2.42. The number of benzene rings is 4. The number of rotatable bonds is 4. The van der Waals surface area contributed by atoms with E-state index in [1.54, 1.807) is 25.3 Å². The van der Waals surface area contributed by atoms with Crippen molar-refractivity contribution in [1.82, 2.24) is 0 Å². The summed E-state index contributed by atoms with van der Waals surface area (Å²) in [6, 6.07) is 23.0. The molecule has 1 aromatic heterocycles. The maximum absolute atomic E-state index is 13.2. The fourth-order valence-corrected chi connectivity index (χ4v) is 4.50. The molecule has 6 rings (SSSR count). The molecule has 0 unspecified atom stereocenters. The first-order valence-electron chi connectivity index (χ1n) is 10.6. The Balaban J connectivity index is 1.78. The number of para-hydroxylation sites is 1. The van der Waals surface area contributed by atoms with Gasteiger partial charge in [-0.3, -0.25) is 14.9 Å². The normalized spacial score (nSPS) is 12.7. The van der Waals surface area contributed by atoms with Crippen LogP contribution in [0.15, 0.2) is 88.3 Å². The summed E-state index contributed by atoms with van der Waals surface area (Å²) in [5.74, 6) is 0.777. The highest BCUT2D eigenvalue weighted by molar-refractivity contribution is 6.28. The van der Waals surface area contributed by atoms with Gasteiger partial charge in [0.25, 0.3) is 11.6 Å². The Morgan fingerprint density at radius 1 is 0.971 bits per heavy atom. The van der Waals surface area contributed by atoms with Crippen molar-refractivity contribution in [2.24, 2.45) is 4.99 Å². The second-order valence-electron chi connectivity index (χ2n) is 7.95. The van der Waals surface area contributed by atoms with Crippen molar-refractivity contribution in [1.29, 1.82) is 0 Å². The van der Waals surface area contributed by atoms with E-state index in [0.29, 0.717) is 39.2 Å². The number of carbonyl (C=O) groups is 1. The van der Waals surface area contributed by atoms with Crippen molar-refractivity contribution in [2.45, 2.75) is 0 Å². The van der Waals surface area contributed by atoms with Gasteiger partial charge in [0.2, 0.25) is 0 Å². The van der Waals surface area contributed by atoms with E-state index in [1.807, 2.05) is 48.5 Å². The number of hydrogen-bond donors (Lipinski definition) is 0. The summed E-state index contributed by atoms with van der Waals surface area (Å²) in [5.41, 5.74) is 2.24. The summed E-state index contributed by atoms with van der Waals surface area (Å²) >= 11 is 0. The van der Waals surface area contributed by atoms with Gasteiger partial charge in [-0.15, -0.1) is 0 Å². The molecule has 1 aliphatic rings. The zero-order valence-corrected chi connectivity index (χ0v) is 17.9. The maximum Gasteiger partial charge on any atom is 0.279 e. The predicted molar refractivity (Wildman–Crippen MR) is 127 cm³/mol. The molecule has 1 aliphatic heterocycles. The van der Waals surface area contributed by atoms with E-state index in [4.69, 9.17) is 9.15 Å². The van der Waals surface area contributed by atoms with Gasteiger partial charge in [-0.2, -0.15) is 0 Å². The van der Waals surface area contributed by atoms with E-state index in [1.165, 1.54) is 12.1 Å². The van der Waals surface area contributed by atoms with Gasteiger partial charge in [0.1, 0.15) is 17.1 Å². The van der Waals surface area contributed by atoms with Crippen LogP contribution in [0.1, 0.15) is 5.56 Å². The molecule has 0 aliphatic carbocycles. The Labute approximate surface area is 192 Å². The lowest BCUT2D eigenvalue weighted by Crippen LogP contribution is -2.22. The molecule has 7 nitrogen and oxygen atoms in total. The molecule has 0 spiro atoms. The summed E-state index contributed by atoms with van der Waals surface area (Å²) in [4.78, 5) is 28.2. The second kappa shape index (κ2) is 7.38. The molecule has 2 heterocycles. The highest BCUT2D eigenvalue weighted by Gasteiger charge is 2.28. The largest absolute Gasteiger partial charge is 0.497 e. The third-order valence-corrected chi connectivity index (χ3v) is 6.08. The molecule has 1 amide bonds. The standard InChI is InChI=1S/C27H16N2O5/c1-33-18-12-8-15-9-13-22-23(20(15)14-18)25(24-19-4-2-3-5-21(19)28-27(24)30)26(34-22)16-6-10-17(11-7-16)29(31)32/h2-14H,1H3. The van der Waals surface area contributed by atoms with Crippen molar-refractivity contribution in [2.75, 3.05) is 7.11 Å². The van der Waals surface area contributed by atoms with Crippen LogP contribution in [0, 0.1) is 10.1 Å². The monoisotopic (exact) mass is 448 g/mol. The Morgan fingerprint density at radius 3 is 2.50 bits per heavy atom. The number of non-ortho nitro benzene ring substituents is 1. The van der Waals surface area contributed by atoms with Crippen LogP contribution in [0.3, 0.4) is 0 Å². The van der Waals surface area contributed by atoms with Gasteiger partial charge in [0, 0.05) is 33.9 Å². The second-order valence-corrected chi connectivity index (χ2v) is 7.95. The molecule has 34 heavy (non-hydrogen) atoms. The molecule has 0 atom stereocenters. The lowest BCUT2D eigenvalue weighted by atomic mass is 9.94. The van der Waals surface area contributed by atoms with Crippen molar-refractivity contribution >= 4 is 38.9 Å². The number of methoxy groups -OCH3 is 1. The third-order valence-electron chi connectivity index (χ3n) is 6.08. The van der Waals surface area contributed by atoms with E-state index >= 15 is 0 Å². The molecule has 0 radical (unpaired) electrons. The number of ether oxygens (including phenoxy) is 1. The summed E-state index contributed by atoms with van der Waals surface area (Å²) in [6.45, 7) is 0. The van der Waals surface area contributed by atoms with Crippen LogP contribution in [0.5, 0.6) is 5.75 Å². The van der Waals surface area contributed by atoms with Crippen LogP contribution in [0.2, 0.25) is 0 Å². The fourth-order valence-electron chi connectivity index (χ4n) is 4.50. The molecule has 5 aromatic rings. The first-order valence-corrected chi connectivity index (χ1v) is 10.6. The molecule has 0 saturated heterocycles. The minimum absolute atomic E-state index is 0.0264. The van der Waals surface area contributed by atoms with Crippen molar-refractivity contribution < 1.29 is 18.9 Å². The molecular weight excluding hydrogens is 432 g/mol. The number of nitrogens with zero attached hydrogens (tertiary/aromatic N) is 2. The van der Waals surface area contributed by atoms with Gasteiger partial charge in [0.05, 0.1) is 23.0 Å². The van der Waals surface area contributed by atoms with E-state index < -0.39 is 4.92 Å². The quantitative estimate of drug-likeness (QED) is 0.297. The fraction of sp³-hybridized carbons (Fsp3) is 0.0370. The minimum Gasteiger partial charge on any atom is -0.497 e. The van der Waals surface area contributed by atoms with Crippen LogP contribution in [0.4, 0.5) is 5.69 Å². The topological polar surface area (TPSA) is 94.9 Å². The molecule has 0 N–H and O–H groups in total. The van der Waals surface area contributed by atoms with Crippen molar-refractivity contribution in [3.05, 3.63) is 105 Å². The lowest BCUT2D eigenvalue weighted by Gasteiger charge is -2.07. The van der Waals surface area contributed by atoms with Crippen LogP contribution in [0.25, 0.3) is 38.6 Å². The third kappa shape index (κ3) is 2.91. The van der Waals surface area contributed by atoms with Crippen LogP contribution in [-0.2, 0) is 4.79 Å². The van der Waals surface area contributed by atoms with E-state index in [0.717, 1.165) is 21.4 Å². The van der Waals surface area contributed by atoms with Crippen LogP contribution in [-0.4, -0.2) is 17.9 Å². The zero-order chi connectivity index (χ0) is 23.4. The Kier molecular flexibility index (Phi) is 4.31. The van der Waals surface area contributed by atoms with E-state index in [9.17, 15) is 14.9 Å². The summed E-state index contributed by atoms with van der Waals surface area (Å²) in [7, 11) is 1.60. The van der Waals surface area contributed by atoms with Gasteiger partial charge in [-0.05, 0) is 47.2 Å². The number of carbonyl (C=O) groups excluding carboxylic acids is 1. The number of amides is 1. The average molecular weight is 448 g/mol. The van der Waals surface area contributed by atoms with Gasteiger partial charge in [-0.25, -0.2) is 4.99 Å². The molecule has 7 heteroatoms. The Hall–Kier alpha value is -4.78. The number of fused-ring (bicyclic) bond motifs is 4. The molecule has 0 fully saturated rings. The molecular formula is C27H16N2O5. The lowest BCUT2D eigenvalue weighted by molar-refractivity contribution is -0.384. The van der Waals surface area contributed by atoms with Gasteiger partial charge < -0.3 is 9.15 Å². The van der Waals surface area contributed by atoms with Crippen LogP contribution < -0.4 is 15.3 Å². The Bertz CT molecular complexity index is 1780. The van der Waals surface area contributed by atoms with Gasteiger partial charge >= 0.3 is 0 Å². The number of furan rings is 1. The maximum atomic E-state index is 13.2. The first kappa shape index (κ1) is 19.9. The van der Waals surface area contributed by atoms with E-state index in [2.05, 4.69) is 4.99 Å².